The maximum absolute atomic E-state index is 14.0. The van der Waals surface area contributed by atoms with Gasteiger partial charge in [0.05, 0.1) is 19.9 Å². The number of hydrogen-bond acceptors (Lipinski definition) is 3. The summed E-state index contributed by atoms with van der Waals surface area (Å²) in [6.45, 7) is 3.44. The van der Waals surface area contributed by atoms with Crippen LogP contribution < -0.4 is 10.1 Å². The Hall–Kier alpha value is -1.81. The lowest BCUT2D eigenvalue weighted by Gasteiger charge is -2.06. The van der Waals surface area contributed by atoms with E-state index in [4.69, 9.17) is 9.15 Å². The van der Waals surface area contributed by atoms with Gasteiger partial charge in [-0.3, -0.25) is 0 Å². The molecule has 3 nitrogen and oxygen atoms in total. The van der Waals surface area contributed by atoms with Crippen molar-refractivity contribution in [2.75, 3.05) is 13.7 Å². The number of methoxy groups -OCH3 is 1. The van der Waals surface area contributed by atoms with Crippen LogP contribution >= 0.6 is 0 Å². The van der Waals surface area contributed by atoms with Gasteiger partial charge in [-0.05, 0) is 24.7 Å². The van der Waals surface area contributed by atoms with Crippen LogP contribution in [-0.4, -0.2) is 13.7 Å². The number of rotatable bonds is 5. The van der Waals surface area contributed by atoms with Crippen LogP contribution in [-0.2, 0) is 6.54 Å². The van der Waals surface area contributed by atoms with Gasteiger partial charge >= 0.3 is 0 Å². The standard InChI is InChI=1S/C14H16FNO2/c1-3-16-9-14-12(6-7-18-14)11-5-4-10(17-2)8-13(11)15/h4-8,16H,3,9H2,1-2H3. The van der Waals surface area contributed by atoms with E-state index in [1.54, 1.807) is 24.5 Å². The van der Waals surface area contributed by atoms with Crippen molar-refractivity contribution in [2.45, 2.75) is 13.5 Å². The zero-order valence-corrected chi connectivity index (χ0v) is 10.5. The van der Waals surface area contributed by atoms with Crippen molar-refractivity contribution in [3.8, 4) is 16.9 Å². The minimum absolute atomic E-state index is 0.312. The first-order valence-electron chi connectivity index (χ1n) is 5.87. The molecule has 0 saturated heterocycles. The van der Waals surface area contributed by atoms with Gasteiger partial charge in [0.2, 0.25) is 0 Å². The van der Waals surface area contributed by atoms with Gasteiger partial charge in [-0.1, -0.05) is 6.92 Å². The SMILES string of the molecule is CCNCc1occc1-c1ccc(OC)cc1F. The third kappa shape index (κ3) is 2.54. The molecule has 0 unspecified atom stereocenters. The highest BCUT2D eigenvalue weighted by Gasteiger charge is 2.13. The Bertz CT molecular complexity index is 522. The predicted octanol–water partition coefficient (Wildman–Crippen LogP) is 3.20. The number of furan rings is 1. The van der Waals surface area contributed by atoms with Gasteiger partial charge in [0.1, 0.15) is 17.3 Å². The molecule has 0 fully saturated rings. The highest BCUT2D eigenvalue weighted by Crippen LogP contribution is 2.29. The number of ether oxygens (including phenoxy) is 1. The van der Waals surface area contributed by atoms with Crippen molar-refractivity contribution >= 4 is 0 Å². The van der Waals surface area contributed by atoms with E-state index in [2.05, 4.69) is 5.32 Å². The summed E-state index contributed by atoms with van der Waals surface area (Å²) in [4.78, 5) is 0. The topological polar surface area (TPSA) is 34.4 Å². The fraction of sp³-hybridized carbons (Fsp3) is 0.286. The smallest absolute Gasteiger partial charge is 0.134 e. The van der Waals surface area contributed by atoms with Crippen molar-refractivity contribution in [1.29, 1.82) is 0 Å². The highest BCUT2D eigenvalue weighted by molar-refractivity contribution is 5.66. The Kier molecular flexibility index (Phi) is 3.99. The van der Waals surface area contributed by atoms with Crippen LogP contribution in [0.25, 0.3) is 11.1 Å². The Morgan fingerprint density at radius 3 is 2.78 bits per heavy atom. The second-order valence-corrected chi connectivity index (χ2v) is 3.88. The second-order valence-electron chi connectivity index (χ2n) is 3.88. The van der Waals surface area contributed by atoms with E-state index < -0.39 is 0 Å². The summed E-state index contributed by atoms with van der Waals surface area (Å²) in [6, 6.07) is 6.59. The van der Waals surface area contributed by atoms with Gasteiger partial charge in [-0.25, -0.2) is 4.39 Å². The monoisotopic (exact) mass is 249 g/mol. The molecule has 96 valence electrons. The third-order valence-corrected chi connectivity index (χ3v) is 2.75. The minimum atomic E-state index is -0.312. The van der Waals surface area contributed by atoms with Gasteiger partial charge in [-0.2, -0.15) is 0 Å². The summed E-state index contributed by atoms with van der Waals surface area (Å²) in [7, 11) is 1.52. The molecule has 0 amide bonds. The summed E-state index contributed by atoms with van der Waals surface area (Å²) in [5, 5.41) is 3.16. The van der Waals surface area contributed by atoms with Crippen LogP contribution in [0.2, 0.25) is 0 Å². The molecule has 0 bridgehead atoms. The van der Waals surface area contributed by atoms with Crippen LogP contribution in [0.3, 0.4) is 0 Å². The van der Waals surface area contributed by atoms with Crippen molar-refractivity contribution in [3.05, 3.63) is 42.1 Å². The first-order valence-corrected chi connectivity index (χ1v) is 5.87. The van der Waals surface area contributed by atoms with Gasteiger partial charge in [-0.15, -0.1) is 0 Å². The maximum Gasteiger partial charge on any atom is 0.134 e. The van der Waals surface area contributed by atoms with Crippen molar-refractivity contribution in [1.82, 2.24) is 5.32 Å². The van der Waals surface area contributed by atoms with Crippen molar-refractivity contribution in [2.24, 2.45) is 0 Å². The Morgan fingerprint density at radius 1 is 1.28 bits per heavy atom. The number of benzene rings is 1. The summed E-state index contributed by atoms with van der Waals surface area (Å²) in [5.74, 6) is 0.933. The number of nitrogens with one attached hydrogen (secondary N) is 1. The Balaban J connectivity index is 2.33. The van der Waals surface area contributed by atoms with E-state index in [1.807, 2.05) is 6.92 Å². The van der Waals surface area contributed by atoms with Crippen LogP contribution in [0.15, 0.2) is 34.9 Å². The van der Waals surface area contributed by atoms with E-state index in [-0.39, 0.29) is 5.82 Å². The Morgan fingerprint density at radius 2 is 2.11 bits per heavy atom. The van der Waals surface area contributed by atoms with Crippen LogP contribution in [0.5, 0.6) is 5.75 Å². The molecule has 0 aliphatic heterocycles. The lowest BCUT2D eigenvalue weighted by molar-refractivity contribution is 0.411. The molecule has 1 heterocycles. The van der Waals surface area contributed by atoms with Gasteiger partial charge < -0.3 is 14.5 Å². The molecule has 0 aliphatic carbocycles. The molecule has 4 heteroatoms. The van der Waals surface area contributed by atoms with Gasteiger partial charge in [0, 0.05) is 17.2 Å². The zero-order chi connectivity index (χ0) is 13.0. The molecule has 0 saturated carbocycles. The maximum atomic E-state index is 14.0. The lowest BCUT2D eigenvalue weighted by atomic mass is 10.1. The van der Waals surface area contributed by atoms with Crippen LogP contribution in [0.4, 0.5) is 4.39 Å². The van der Waals surface area contributed by atoms with Crippen LogP contribution in [0.1, 0.15) is 12.7 Å². The average molecular weight is 249 g/mol. The fourth-order valence-corrected chi connectivity index (χ4v) is 1.80. The normalized spacial score (nSPS) is 10.6. The summed E-state index contributed by atoms with van der Waals surface area (Å²) in [5.41, 5.74) is 1.30. The number of halogens is 1. The van der Waals surface area contributed by atoms with Crippen molar-refractivity contribution in [3.63, 3.8) is 0 Å². The molecule has 1 aromatic carbocycles. The third-order valence-electron chi connectivity index (χ3n) is 2.75. The number of hydrogen-bond donors (Lipinski definition) is 1. The average Bonchev–Trinajstić information content (AvgIpc) is 2.84. The van der Waals surface area contributed by atoms with E-state index in [1.165, 1.54) is 13.2 Å². The molecular formula is C14H16FNO2. The first-order chi connectivity index (χ1) is 8.76. The Labute approximate surface area is 106 Å². The van der Waals surface area contributed by atoms with E-state index in [0.717, 1.165) is 17.9 Å². The molecule has 0 atom stereocenters. The zero-order valence-electron chi connectivity index (χ0n) is 10.5. The van der Waals surface area contributed by atoms with Gasteiger partial charge in [0.15, 0.2) is 0 Å². The summed E-state index contributed by atoms with van der Waals surface area (Å²) < 4.78 is 24.3. The van der Waals surface area contributed by atoms with E-state index >= 15 is 0 Å². The highest BCUT2D eigenvalue weighted by atomic mass is 19.1. The molecule has 0 radical (unpaired) electrons. The quantitative estimate of drug-likeness (QED) is 0.883. The lowest BCUT2D eigenvalue weighted by Crippen LogP contribution is -2.11. The van der Waals surface area contributed by atoms with Crippen LogP contribution in [0, 0.1) is 5.82 Å². The molecule has 2 rings (SSSR count). The summed E-state index contributed by atoms with van der Waals surface area (Å²) in [6.07, 6.45) is 1.58. The molecule has 1 aromatic heterocycles. The van der Waals surface area contributed by atoms with Gasteiger partial charge in [0.25, 0.3) is 0 Å². The van der Waals surface area contributed by atoms with E-state index in [0.29, 0.717) is 17.9 Å². The minimum Gasteiger partial charge on any atom is -0.497 e. The van der Waals surface area contributed by atoms with E-state index in [9.17, 15) is 4.39 Å². The molecule has 1 N–H and O–H groups in total. The molecule has 2 aromatic rings. The second kappa shape index (κ2) is 5.69. The largest absolute Gasteiger partial charge is 0.497 e. The summed E-state index contributed by atoms with van der Waals surface area (Å²) >= 11 is 0. The fourth-order valence-electron chi connectivity index (χ4n) is 1.80. The molecule has 0 aliphatic rings. The molecular weight excluding hydrogens is 233 g/mol. The predicted molar refractivity (Wildman–Crippen MR) is 68.0 cm³/mol. The molecule has 18 heavy (non-hydrogen) atoms. The molecule has 0 spiro atoms. The first kappa shape index (κ1) is 12.6. The van der Waals surface area contributed by atoms with Crippen molar-refractivity contribution < 1.29 is 13.5 Å².